The Morgan fingerprint density at radius 3 is 1.61 bits per heavy atom. The molecule has 0 bridgehead atoms. The number of ether oxygens (including phenoxy) is 2. The van der Waals surface area contributed by atoms with Crippen molar-refractivity contribution in [2.75, 3.05) is 21.3 Å². The molecule has 0 radical (unpaired) electrons. The number of hydrogen-bond donors (Lipinski definition) is 0. The van der Waals surface area contributed by atoms with E-state index in [0.717, 1.165) is 0 Å². The van der Waals surface area contributed by atoms with Gasteiger partial charge in [0.1, 0.15) is 11.8 Å². The number of ketones is 1. The van der Waals surface area contributed by atoms with Gasteiger partial charge < -0.3 is 9.47 Å². The number of likely N-dealkylation sites (tertiary alicyclic amines) is 1. The van der Waals surface area contributed by atoms with Gasteiger partial charge in [-0.3, -0.25) is 19.3 Å². The molecule has 0 aromatic heterocycles. The summed E-state index contributed by atoms with van der Waals surface area (Å²) < 4.78 is 9.27. The Labute approximate surface area is 106 Å². The van der Waals surface area contributed by atoms with Gasteiger partial charge in [-0.25, -0.2) is 0 Å². The molecule has 4 atom stereocenters. The van der Waals surface area contributed by atoms with Crippen molar-refractivity contribution in [2.24, 2.45) is 11.8 Å². The summed E-state index contributed by atoms with van der Waals surface area (Å²) >= 11 is 0. The summed E-state index contributed by atoms with van der Waals surface area (Å²) in [5.41, 5.74) is 0. The molecule has 1 heterocycles. The first-order chi connectivity index (χ1) is 8.36. The Morgan fingerprint density at radius 1 is 1.00 bits per heavy atom. The molecule has 18 heavy (non-hydrogen) atoms. The molecular formula is C12H19NO5. The Morgan fingerprint density at radius 2 is 1.33 bits per heavy atom. The van der Waals surface area contributed by atoms with Crippen LogP contribution in [-0.2, 0) is 23.9 Å². The van der Waals surface area contributed by atoms with Crippen LogP contribution in [0.25, 0.3) is 0 Å². The summed E-state index contributed by atoms with van der Waals surface area (Å²) in [5, 5.41) is 0. The molecule has 0 saturated carbocycles. The maximum Gasteiger partial charge on any atom is 0.317 e. The van der Waals surface area contributed by atoms with Crippen molar-refractivity contribution in [3.8, 4) is 0 Å². The first-order valence-electron chi connectivity index (χ1n) is 5.78. The maximum atomic E-state index is 12.3. The van der Waals surface area contributed by atoms with Gasteiger partial charge in [-0.1, -0.05) is 0 Å². The zero-order valence-corrected chi connectivity index (χ0v) is 11.3. The molecule has 0 aromatic rings. The predicted molar refractivity (Wildman–Crippen MR) is 62.7 cm³/mol. The lowest BCUT2D eigenvalue weighted by molar-refractivity contribution is -0.165. The molecule has 0 spiro atoms. The number of carbonyl (C=O) groups is 3. The van der Waals surface area contributed by atoms with Gasteiger partial charge in [-0.15, -0.1) is 0 Å². The van der Waals surface area contributed by atoms with Crippen LogP contribution in [0, 0.1) is 11.8 Å². The third kappa shape index (κ3) is 2.25. The molecule has 1 aliphatic heterocycles. The Bertz CT molecular complexity index is 335. The highest BCUT2D eigenvalue weighted by Gasteiger charge is 2.50. The smallest absolute Gasteiger partial charge is 0.317 e. The Balaban J connectivity index is 3.12. The first-order valence-corrected chi connectivity index (χ1v) is 5.78. The fraction of sp³-hybridized carbons (Fsp3) is 0.750. The molecule has 0 unspecified atom stereocenters. The molecule has 6 nitrogen and oxygen atoms in total. The van der Waals surface area contributed by atoms with Crippen LogP contribution in [0.15, 0.2) is 0 Å². The second-order valence-electron chi connectivity index (χ2n) is 4.55. The van der Waals surface area contributed by atoms with Crippen molar-refractivity contribution in [3.63, 3.8) is 0 Å². The number of carbonyl (C=O) groups excluding carboxylic acids is 3. The summed E-state index contributed by atoms with van der Waals surface area (Å²) in [6, 6.07) is -0.610. The second kappa shape index (κ2) is 5.48. The average molecular weight is 257 g/mol. The van der Waals surface area contributed by atoms with E-state index in [1.54, 1.807) is 20.9 Å². The predicted octanol–water partition coefficient (Wildman–Crippen LogP) is -0.144. The van der Waals surface area contributed by atoms with Gasteiger partial charge in [0.05, 0.1) is 14.2 Å². The number of rotatable bonds is 2. The number of hydrogen-bond acceptors (Lipinski definition) is 6. The molecule has 0 aliphatic carbocycles. The summed E-state index contributed by atoms with van der Waals surface area (Å²) in [7, 11) is 4.23. The van der Waals surface area contributed by atoms with Crippen molar-refractivity contribution >= 4 is 17.7 Å². The van der Waals surface area contributed by atoms with E-state index >= 15 is 0 Å². The van der Waals surface area contributed by atoms with Crippen LogP contribution in [-0.4, -0.2) is 56.0 Å². The maximum absolute atomic E-state index is 12.3. The normalized spacial score (nSPS) is 33.1. The van der Waals surface area contributed by atoms with Crippen LogP contribution in [0.2, 0.25) is 0 Å². The van der Waals surface area contributed by atoms with Crippen molar-refractivity contribution < 1.29 is 23.9 Å². The lowest BCUT2D eigenvalue weighted by Crippen LogP contribution is -2.60. The molecule has 1 rings (SSSR count). The van der Waals surface area contributed by atoms with E-state index in [0.29, 0.717) is 0 Å². The van der Waals surface area contributed by atoms with E-state index in [4.69, 9.17) is 0 Å². The third-order valence-corrected chi connectivity index (χ3v) is 3.77. The van der Waals surface area contributed by atoms with Gasteiger partial charge >= 0.3 is 11.9 Å². The van der Waals surface area contributed by atoms with E-state index in [1.807, 2.05) is 4.90 Å². The monoisotopic (exact) mass is 257 g/mol. The SMILES string of the molecule is COC(=O)[C@@H]1C(=O)[C@H](C(=O)OC)[C@@H](C)N(C)[C@@H]1C. The van der Waals surface area contributed by atoms with Gasteiger partial charge in [-0.05, 0) is 20.9 Å². The third-order valence-electron chi connectivity index (χ3n) is 3.77. The van der Waals surface area contributed by atoms with Crippen LogP contribution >= 0.6 is 0 Å². The molecule has 1 saturated heterocycles. The van der Waals surface area contributed by atoms with Crippen LogP contribution in [0.3, 0.4) is 0 Å². The summed E-state index contributed by atoms with van der Waals surface area (Å²) in [4.78, 5) is 37.4. The lowest BCUT2D eigenvalue weighted by atomic mass is 9.78. The van der Waals surface area contributed by atoms with Gasteiger partial charge in [0.25, 0.3) is 0 Å². The highest BCUT2D eigenvalue weighted by Crippen LogP contribution is 2.30. The molecule has 0 aromatic carbocycles. The average Bonchev–Trinajstić information content (AvgIpc) is 2.35. The molecular weight excluding hydrogens is 238 g/mol. The van der Waals surface area contributed by atoms with Gasteiger partial charge in [0.15, 0.2) is 5.78 Å². The van der Waals surface area contributed by atoms with Crippen molar-refractivity contribution in [2.45, 2.75) is 25.9 Å². The number of piperidine rings is 1. The lowest BCUT2D eigenvalue weighted by Gasteiger charge is -2.42. The van der Waals surface area contributed by atoms with Crippen LogP contribution in [0.4, 0.5) is 0 Å². The molecule has 0 N–H and O–H groups in total. The number of Topliss-reactive ketones (excluding diaryl/α,β-unsaturated/α-hetero) is 1. The number of esters is 2. The van der Waals surface area contributed by atoms with E-state index < -0.39 is 29.6 Å². The second-order valence-corrected chi connectivity index (χ2v) is 4.55. The largest absolute Gasteiger partial charge is 0.468 e. The standard InChI is InChI=1S/C12H19NO5/c1-6-8(11(15)17-4)10(14)9(12(16)18-5)7(2)13(6)3/h6-9H,1-5H3/t6-,7-,8-,9+/m1/s1. The van der Waals surface area contributed by atoms with Crippen LogP contribution < -0.4 is 0 Å². The van der Waals surface area contributed by atoms with Crippen molar-refractivity contribution in [1.29, 1.82) is 0 Å². The number of nitrogens with zero attached hydrogens (tertiary/aromatic N) is 1. The Hall–Kier alpha value is -1.43. The minimum Gasteiger partial charge on any atom is -0.468 e. The van der Waals surface area contributed by atoms with Crippen LogP contribution in [0.5, 0.6) is 0 Å². The van der Waals surface area contributed by atoms with Gasteiger partial charge in [0, 0.05) is 12.1 Å². The zero-order valence-electron chi connectivity index (χ0n) is 11.3. The topological polar surface area (TPSA) is 72.9 Å². The summed E-state index contributed by atoms with van der Waals surface area (Å²) in [6.45, 7) is 3.53. The summed E-state index contributed by atoms with van der Waals surface area (Å²) in [5.74, 6) is -3.53. The van der Waals surface area contributed by atoms with E-state index in [1.165, 1.54) is 14.2 Å². The molecule has 6 heteroatoms. The Kier molecular flexibility index (Phi) is 4.45. The highest BCUT2D eigenvalue weighted by molar-refractivity contribution is 6.10. The van der Waals surface area contributed by atoms with E-state index in [9.17, 15) is 14.4 Å². The highest BCUT2D eigenvalue weighted by atomic mass is 16.5. The minimum atomic E-state index is -0.944. The van der Waals surface area contributed by atoms with Crippen LogP contribution in [0.1, 0.15) is 13.8 Å². The van der Waals surface area contributed by atoms with Gasteiger partial charge in [-0.2, -0.15) is 0 Å². The molecule has 1 fully saturated rings. The molecule has 0 amide bonds. The first kappa shape index (κ1) is 14.6. The molecule has 102 valence electrons. The fourth-order valence-corrected chi connectivity index (χ4v) is 2.39. The zero-order chi connectivity index (χ0) is 14.0. The van der Waals surface area contributed by atoms with E-state index in [2.05, 4.69) is 9.47 Å². The fourth-order valence-electron chi connectivity index (χ4n) is 2.39. The van der Waals surface area contributed by atoms with Crippen molar-refractivity contribution in [3.05, 3.63) is 0 Å². The van der Waals surface area contributed by atoms with Crippen molar-refractivity contribution in [1.82, 2.24) is 4.90 Å². The minimum absolute atomic E-state index is 0.305. The van der Waals surface area contributed by atoms with Gasteiger partial charge in [0.2, 0.25) is 0 Å². The number of methoxy groups -OCH3 is 2. The quantitative estimate of drug-likeness (QED) is 0.506. The molecule has 1 aliphatic rings. The van der Waals surface area contributed by atoms with E-state index in [-0.39, 0.29) is 12.1 Å². The summed E-state index contributed by atoms with van der Waals surface area (Å²) in [6.07, 6.45) is 0.